The van der Waals surface area contributed by atoms with Gasteiger partial charge in [-0.2, -0.15) is 0 Å². The lowest BCUT2D eigenvalue weighted by Gasteiger charge is -2.11. The first-order valence-electron chi connectivity index (χ1n) is 4.67. The molecule has 0 N–H and O–H groups in total. The van der Waals surface area contributed by atoms with Crippen LogP contribution in [0.25, 0.3) is 5.57 Å². The second-order valence-electron chi connectivity index (χ2n) is 3.51. The molecule has 3 heteroatoms. The summed E-state index contributed by atoms with van der Waals surface area (Å²) in [7, 11) is 0. The third-order valence-electron chi connectivity index (χ3n) is 2.26. The average Bonchev–Trinajstić information content (AvgIpc) is 2.17. The fourth-order valence-corrected chi connectivity index (χ4v) is 1.48. The van der Waals surface area contributed by atoms with Crippen molar-refractivity contribution < 1.29 is 14.3 Å². The summed E-state index contributed by atoms with van der Waals surface area (Å²) < 4.78 is 4.41. The van der Waals surface area contributed by atoms with E-state index < -0.39 is 11.9 Å². The van der Waals surface area contributed by atoms with Crippen LogP contribution in [-0.2, 0) is 14.3 Å². The van der Waals surface area contributed by atoms with E-state index >= 15 is 0 Å². The molecule has 15 heavy (non-hydrogen) atoms. The van der Waals surface area contributed by atoms with Crippen LogP contribution in [-0.4, -0.2) is 11.9 Å². The zero-order valence-electron chi connectivity index (χ0n) is 8.32. The van der Waals surface area contributed by atoms with Crippen molar-refractivity contribution in [1.29, 1.82) is 0 Å². The molecule has 0 radical (unpaired) electrons. The molecule has 3 nitrogen and oxygen atoms in total. The van der Waals surface area contributed by atoms with Crippen LogP contribution in [0, 0.1) is 6.92 Å². The van der Waals surface area contributed by atoms with Crippen LogP contribution in [0.2, 0.25) is 0 Å². The molecule has 0 aliphatic carbocycles. The van der Waals surface area contributed by atoms with Gasteiger partial charge >= 0.3 is 11.9 Å². The zero-order chi connectivity index (χ0) is 10.8. The largest absolute Gasteiger partial charge is 0.390 e. The average molecular weight is 202 g/mol. The standard InChI is InChI=1S/C12H10O3/c1-8-2-4-9(5-3-8)10-6-11(13)15-12(14)7-10/h2-6H,7H2,1H3. The Hall–Kier alpha value is -1.90. The highest BCUT2D eigenvalue weighted by atomic mass is 16.6. The topological polar surface area (TPSA) is 43.4 Å². The van der Waals surface area contributed by atoms with Gasteiger partial charge in [0.25, 0.3) is 0 Å². The summed E-state index contributed by atoms with van der Waals surface area (Å²) in [6.07, 6.45) is 1.53. The molecule has 1 aromatic carbocycles. The van der Waals surface area contributed by atoms with Gasteiger partial charge in [0, 0.05) is 6.08 Å². The lowest BCUT2D eigenvalue weighted by atomic mass is 10.0. The minimum atomic E-state index is -0.582. The zero-order valence-corrected chi connectivity index (χ0v) is 8.32. The van der Waals surface area contributed by atoms with Gasteiger partial charge < -0.3 is 4.74 Å². The highest BCUT2D eigenvalue weighted by molar-refractivity contribution is 6.05. The first-order valence-corrected chi connectivity index (χ1v) is 4.67. The van der Waals surface area contributed by atoms with Crippen molar-refractivity contribution in [3.8, 4) is 0 Å². The van der Waals surface area contributed by atoms with Crippen LogP contribution >= 0.6 is 0 Å². The second kappa shape index (κ2) is 3.69. The first kappa shape index (κ1) is 9.65. The van der Waals surface area contributed by atoms with Crippen molar-refractivity contribution in [2.75, 3.05) is 0 Å². The molecule has 0 spiro atoms. The van der Waals surface area contributed by atoms with Gasteiger partial charge in [0.05, 0.1) is 6.42 Å². The van der Waals surface area contributed by atoms with Gasteiger partial charge in [-0.25, -0.2) is 4.79 Å². The monoisotopic (exact) mass is 202 g/mol. The maximum Gasteiger partial charge on any atom is 0.338 e. The third-order valence-corrected chi connectivity index (χ3v) is 2.26. The minimum Gasteiger partial charge on any atom is -0.390 e. The summed E-state index contributed by atoms with van der Waals surface area (Å²) in [6, 6.07) is 7.68. The van der Waals surface area contributed by atoms with Crippen molar-refractivity contribution in [1.82, 2.24) is 0 Å². The molecule has 0 saturated carbocycles. The van der Waals surface area contributed by atoms with Crippen LogP contribution in [0.15, 0.2) is 30.3 Å². The van der Waals surface area contributed by atoms with Gasteiger partial charge in [-0.15, -0.1) is 0 Å². The summed E-state index contributed by atoms with van der Waals surface area (Å²) in [5.41, 5.74) is 2.76. The lowest BCUT2D eigenvalue weighted by molar-refractivity contribution is -0.156. The fraction of sp³-hybridized carbons (Fsp3) is 0.167. The summed E-state index contributed by atoms with van der Waals surface area (Å²) in [6.45, 7) is 1.98. The van der Waals surface area contributed by atoms with E-state index in [4.69, 9.17) is 0 Å². The number of cyclic esters (lactones) is 2. The summed E-state index contributed by atoms with van der Waals surface area (Å²) >= 11 is 0. The molecular weight excluding hydrogens is 192 g/mol. The van der Waals surface area contributed by atoms with Gasteiger partial charge in [-0.3, -0.25) is 4.79 Å². The van der Waals surface area contributed by atoms with Crippen molar-refractivity contribution in [2.24, 2.45) is 0 Å². The lowest BCUT2D eigenvalue weighted by Crippen LogP contribution is -2.16. The van der Waals surface area contributed by atoms with E-state index in [0.29, 0.717) is 0 Å². The number of hydrogen-bond donors (Lipinski definition) is 0. The van der Waals surface area contributed by atoms with Crippen molar-refractivity contribution in [3.05, 3.63) is 41.5 Å². The van der Waals surface area contributed by atoms with E-state index in [2.05, 4.69) is 4.74 Å². The molecule has 1 aliphatic heterocycles. The van der Waals surface area contributed by atoms with Gasteiger partial charge in [-0.05, 0) is 18.1 Å². The van der Waals surface area contributed by atoms with E-state index in [1.165, 1.54) is 6.08 Å². The van der Waals surface area contributed by atoms with E-state index in [1.807, 2.05) is 31.2 Å². The number of carbonyl (C=O) groups is 2. The molecular formula is C12H10O3. The molecule has 0 saturated heterocycles. The normalized spacial score (nSPS) is 15.9. The number of ether oxygens (including phenoxy) is 1. The Morgan fingerprint density at radius 3 is 2.40 bits per heavy atom. The van der Waals surface area contributed by atoms with Crippen LogP contribution in [0.4, 0.5) is 0 Å². The predicted octanol–water partition coefficient (Wildman–Crippen LogP) is 1.85. The number of hydrogen-bond acceptors (Lipinski definition) is 3. The highest BCUT2D eigenvalue weighted by Gasteiger charge is 2.19. The molecule has 0 aromatic heterocycles. The van der Waals surface area contributed by atoms with Crippen molar-refractivity contribution in [2.45, 2.75) is 13.3 Å². The van der Waals surface area contributed by atoms with Crippen LogP contribution in [0.5, 0.6) is 0 Å². The molecule has 1 aromatic rings. The smallest absolute Gasteiger partial charge is 0.338 e. The Kier molecular flexibility index (Phi) is 2.37. The Morgan fingerprint density at radius 1 is 1.13 bits per heavy atom. The van der Waals surface area contributed by atoms with Crippen LogP contribution in [0.1, 0.15) is 17.5 Å². The van der Waals surface area contributed by atoms with Gasteiger partial charge in [0.15, 0.2) is 0 Å². The molecule has 1 heterocycles. The molecule has 0 amide bonds. The summed E-state index contributed by atoms with van der Waals surface area (Å²) in [4.78, 5) is 22.0. The van der Waals surface area contributed by atoms with E-state index in [9.17, 15) is 9.59 Å². The third kappa shape index (κ3) is 2.13. The van der Waals surface area contributed by atoms with E-state index in [-0.39, 0.29) is 6.42 Å². The molecule has 0 bridgehead atoms. The summed E-state index contributed by atoms with van der Waals surface area (Å²) in [5.74, 6) is -1.07. The Bertz CT molecular complexity index is 440. The predicted molar refractivity (Wildman–Crippen MR) is 54.9 cm³/mol. The maximum absolute atomic E-state index is 11.0. The van der Waals surface area contributed by atoms with E-state index in [1.54, 1.807) is 0 Å². The molecule has 0 fully saturated rings. The van der Waals surface area contributed by atoms with Gasteiger partial charge in [-0.1, -0.05) is 29.8 Å². The minimum absolute atomic E-state index is 0.162. The van der Waals surface area contributed by atoms with Crippen LogP contribution in [0.3, 0.4) is 0 Å². The Balaban J connectivity index is 2.34. The highest BCUT2D eigenvalue weighted by Crippen LogP contribution is 2.22. The molecule has 2 rings (SSSR count). The van der Waals surface area contributed by atoms with Crippen LogP contribution < -0.4 is 0 Å². The SMILES string of the molecule is Cc1ccc(C2=CC(=O)OC(=O)C2)cc1. The number of esters is 2. The number of carbonyl (C=O) groups excluding carboxylic acids is 2. The second-order valence-corrected chi connectivity index (χ2v) is 3.51. The molecule has 0 atom stereocenters. The fourth-order valence-electron chi connectivity index (χ4n) is 1.48. The molecule has 0 unspecified atom stereocenters. The number of rotatable bonds is 1. The number of benzene rings is 1. The Morgan fingerprint density at radius 2 is 1.80 bits per heavy atom. The Labute approximate surface area is 87.4 Å². The van der Waals surface area contributed by atoms with Gasteiger partial charge in [0.2, 0.25) is 0 Å². The number of aryl methyl sites for hydroxylation is 1. The molecule has 76 valence electrons. The first-order chi connectivity index (χ1) is 7.15. The molecule has 1 aliphatic rings. The quantitative estimate of drug-likeness (QED) is 0.515. The van der Waals surface area contributed by atoms with Gasteiger partial charge in [0.1, 0.15) is 0 Å². The van der Waals surface area contributed by atoms with Crippen molar-refractivity contribution in [3.63, 3.8) is 0 Å². The summed E-state index contributed by atoms with van der Waals surface area (Å²) in [5, 5.41) is 0. The maximum atomic E-state index is 11.0. The van der Waals surface area contributed by atoms with E-state index in [0.717, 1.165) is 16.7 Å². The van der Waals surface area contributed by atoms with Crippen molar-refractivity contribution >= 4 is 17.5 Å².